The standard InChI is InChI=1S/C28H27ClN4O5S2/c1-31(27(34)18-33-24-16-22(29)9-10-26(24)39-28(33)35)25(17-32-11-13-38-14-12-32)20-7-5-19(6-8-20)21-3-2-4-23(15-21)30-40(36)37/h2-10,15-16,25H,11-14,17-18H2,1H3. The van der Waals surface area contributed by atoms with E-state index in [1.54, 1.807) is 48.3 Å². The summed E-state index contributed by atoms with van der Waals surface area (Å²) in [5.41, 5.74) is 3.66. The zero-order chi connectivity index (χ0) is 28.2. The second-order valence-electron chi connectivity index (χ2n) is 9.48. The summed E-state index contributed by atoms with van der Waals surface area (Å²) >= 11 is 7.26. The number of carbonyl (C=O) groups excluding carboxylic acids is 1. The molecule has 1 fully saturated rings. The first-order valence-corrected chi connectivity index (χ1v) is 14.9. The van der Waals surface area contributed by atoms with Gasteiger partial charge in [-0.25, -0.2) is 0 Å². The van der Waals surface area contributed by atoms with Crippen molar-refractivity contribution in [1.82, 2.24) is 14.4 Å². The number of rotatable bonds is 8. The Bertz CT molecular complexity index is 1720. The number of thiazole rings is 1. The van der Waals surface area contributed by atoms with Crippen LogP contribution in [0.4, 0.5) is 5.69 Å². The van der Waals surface area contributed by atoms with Crippen LogP contribution in [0.1, 0.15) is 11.6 Å². The number of ether oxygens (including phenoxy) is 1. The molecule has 1 aliphatic rings. The molecule has 2 heterocycles. The van der Waals surface area contributed by atoms with Crippen LogP contribution in [0.15, 0.2) is 75.9 Å². The molecule has 0 saturated carbocycles. The van der Waals surface area contributed by atoms with Gasteiger partial charge in [0.05, 0.1) is 35.2 Å². The molecule has 0 N–H and O–H groups in total. The maximum atomic E-state index is 13.6. The molecular weight excluding hydrogens is 572 g/mol. The summed E-state index contributed by atoms with van der Waals surface area (Å²) in [6, 6.07) is 19.8. The molecule has 0 aliphatic carbocycles. The van der Waals surface area contributed by atoms with Crippen LogP contribution in [-0.2, 0) is 26.6 Å². The van der Waals surface area contributed by atoms with Crippen molar-refractivity contribution in [2.24, 2.45) is 4.36 Å². The fourth-order valence-corrected chi connectivity index (χ4v) is 6.13. The molecule has 12 heteroatoms. The maximum Gasteiger partial charge on any atom is 0.316 e. The van der Waals surface area contributed by atoms with Crippen molar-refractivity contribution >= 4 is 55.2 Å². The number of benzene rings is 3. The van der Waals surface area contributed by atoms with E-state index in [4.69, 9.17) is 16.3 Å². The van der Waals surface area contributed by atoms with Crippen LogP contribution < -0.4 is 4.87 Å². The van der Waals surface area contributed by atoms with Crippen LogP contribution in [0.5, 0.6) is 0 Å². The molecule has 0 bridgehead atoms. The third-order valence-corrected chi connectivity index (χ3v) is 8.53. The van der Waals surface area contributed by atoms with Crippen LogP contribution in [-0.4, -0.2) is 68.6 Å². The minimum atomic E-state index is -2.53. The highest BCUT2D eigenvalue weighted by molar-refractivity contribution is 7.61. The second kappa shape index (κ2) is 12.4. The molecule has 0 spiro atoms. The van der Waals surface area contributed by atoms with Gasteiger partial charge in [0.15, 0.2) is 0 Å². The Kier molecular flexibility index (Phi) is 8.77. The Morgan fingerprint density at radius 2 is 1.82 bits per heavy atom. The first kappa shape index (κ1) is 28.2. The molecule has 4 aromatic rings. The van der Waals surface area contributed by atoms with Gasteiger partial charge in [0.25, 0.3) is 0 Å². The van der Waals surface area contributed by atoms with E-state index in [1.165, 1.54) is 4.57 Å². The van der Waals surface area contributed by atoms with Gasteiger partial charge in [0, 0.05) is 31.7 Å². The largest absolute Gasteiger partial charge is 0.379 e. The van der Waals surface area contributed by atoms with E-state index in [9.17, 15) is 18.0 Å². The van der Waals surface area contributed by atoms with E-state index >= 15 is 0 Å². The Hall–Kier alpha value is -3.35. The van der Waals surface area contributed by atoms with Crippen LogP contribution in [0, 0.1) is 0 Å². The van der Waals surface area contributed by atoms with Crippen LogP contribution in [0.2, 0.25) is 5.02 Å². The molecule has 1 amide bonds. The highest BCUT2D eigenvalue weighted by Crippen LogP contribution is 2.28. The van der Waals surface area contributed by atoms with E-state index in [-0.39, 0.29) is 23.4 Å². The monoisotopic (exact) mass is 598 g/mol. The van der Waals surface area contributed by atoms with Gasteiger partial charge in [-0.1, -0.05) is 59.3 Å². The number of fused-ring (bicyclic) bond motifs is 1. The normalized spacial score (nSPS) is 14.7. The van der Waals surface area contributed by atoms with Crippen LogP contribution in [0.25, 0.3) is 21.3 Å². The van der Waals surface area contributed by atoms with E-state index in [0.29, 0.717) is 36.0 Å². The van der Waals surface area contributed by atoms with Gasteiger partial charge in [0.1, 0.15) is 6.54 Å². The molecule has 1 unspecified atom stereocenters. The maximum absolute atomic E-state index is 13.6. The number of carbonyl (C=O) groups is 1. The Labute approximate surface area is 241 Å². The van der Waals surface area contributed by atoms with Crippen molar-refractivity contribution in [3.05, 3.63) is 87.0 Å². The van der Waals surface area contributed by atoms with Crippen molar-refractivity contribution in [2.75, 3.05) is 39.9 Å². The summed E-state index contributed by atoms with van der Waals surface area (Å²) in [6.07, 6.45) is 0. The smallest absolute Gasteiger partial charge is 0.316 e. The van der Waals surface area contributed by atoms with Gasteiger partial charge in [-0.05, 0) is 47.0 Å². The molecule has 0 radical (unpaired) electrons. The van der Waals surface area contributed by atoms with Crippen molar-refractivity contribution < 1.29 is 17.9 Å². The molecule has 208 valence electrons. The average Bonchev–Trinajstić information content (AvgIpc) is 3.25. The number of morpholine rings is 1. The fraction of sp³-hybridized carbons (Fsp3) is 0.286. The number of hydrogen-bond donors (Lipinski definition) is 0. The Morgan fingerprint density at radius 1 is 1.07 bits per heavy atom. The second-order valence-corrected chi connectivity index (χ2v) is 11.5. The third-order valence-electron chi connectivity index (χ3n) is 6.97. The highest BCUT2D eigenvalue weighted by atomic mass is 35.5. The molecule has 1 atom stereocenters. The lowest BCUT2D eigenvalue weighted by atomic mass is 9.99. The number of amides is 1. The molecular formula is C28H27ClN4O5S2. The molecule has 1 saturated heterocycles. The number of aromatic nitrogens is 1. The minimum Gasteiger partial charge on any atom is -0.379 e. The summed E-state index contributed by atoms with van der Waals surface area (Å²) in [4.78, 5) is 30.1. The van der Waals surface area contributed by atoms with Crippen molar-refractivity contribution in [1.29, 1.82) is 0 Å². The lowest BCUT2D eigenvalue weighted by Gasteiger charge is -2.35. The van der Waals surface area contributed by atoms with Gasteiger partial charge in [-0.2, -0.15) is 8.42 Å². The fourth-order valence-electron chi connectivity index (χ4n) is 4.81. The first-order chi connectivity index (χ1) is 19.3. The molecule has 1 aromatic heterocycles. The lowest BCUT2D eigenvalue weighted by molar-refractivity contribution is -0.133. The average molecular weight is 599 g/mol. The third kappa shape index (κ3) is 6.51. The highest BCUT2D eigenvalue weighted by Gasteiger charge is 2.26. The predicted molar refractivity (Wildman–Crippen MR) is 157 cm³/mol. The van der Waals surface area contributed by atoms with Gasteiger partial charge >= 0.3 is 15.4 Å². The van der Waals surface area contributed by atoms with Gasteiger partial charge in [0.2, 0.25) is 5.91 Å². The molecule has 5 rings (SSSR count). The number of nitrogens with zero attached hydrogens (tertiary/aromatic N) is 4. The van der Waals surface area contributed by atoms with E-state index in [0.717, 1.165) is 45.8 Å². The van der Waals surface area contributed by atoms with Gasteiger partial charge < -0.3 is 9.64 Å². The summed E-state index contributed by atoms with van der Waals surface area (Å²) in [5, 5.41) is 0.505. The van der Waals surface area contributed by atoms with Crippen LogP contribution >= 0.6 is 22.9 Å². The summed E-state index contributed by atoms with van der Waals surface area (Å²) in [5.74, 6) is -0.191. The quantitative estimate of drug-likeness (QED) is 0.294. The zero-order valence-corrected chi connectivity index (χ0v) is 24.1. The summed E-state index contributed by atoms with van der Waals surface area (Å²) < 4.78 is 33.3. The molecule has 1 aliphatic heterocycles. The van der Waals surface area contributed by atoms with E-state index in [2.05, 4.69) is 9.26 Å². The van der Waals surface area contributed by atoms with E-state index in [1.807, 2.05) is 30.3 Å². The van der Waals surface area contributed by atoms with Gasteiger partial charge in [-0.3, -0.25) is 19.1 Å². The molecule has 3 aromatic carbocycles. The minimum absolute atomic E-state index is 0.0925. The molecule has 40 heavy (non-hydrogen) atoms. The number of hydrogen-bond acceptors (Lipinski definition) is 8. The summed E-state index contributed by atoms with van der Waals surface area (Å²) in [7, 11) is -0.765. The summed E-state index contributed by atoms with van der Waals surface area (Å²) in [6.45, 7) is 3.32. The van der Waals surface area contributed by atoms with E-state index < -0.39 is 10.5 Å². The number of halogens is 1. The lowest BCUT2D eigenvalue weighted by Crippen LogP contribution is -2.44. The van der Waals surface area contributed by atoms with Crippen molar-refractivity contribution in [3.8, 4) is 11.1 Å². The number of likely N-dealkylation sites (N-methyl/N-ethyl adjacent to an activating group) is 1. The first-order valence-electron chi connectivity index (χ1n) is 12.6. The van der Waals surface area contributed by atoms with Gasteiger partial charge in [-0.15, -0.1) is 4.36 Å². The van der Waals surface area contributed by atoms with Crippen LogP contribution in [0.3, 0.4) is 0 Å². The Balaban J connectivity index is 1.42. The zero-order valence-electron chi connectivity index (χ0n) is 21.7. The Morgan fingerprint density at radius 3 is 2.55 bits per heavy atom. The molecule has 9 nitrogen and oxygen atoms in total. The predicted octanol–water partition coefficient (Wildman–Crippen LogP) is 4.61. The van der Waals surface area contributed by atoms with Crippen molar-refractivity contribution in [2.45, 2.75) is 12.6 Å². The SMILES string of the molecule is CN(C(=O)Cn1c(=O)sc2ccc(Cl)cc21)C(CN1CCOCC1)c1ccc(-c2cccc(N=S(=O)=O)c2)cc1. The topological polar surface area (TPSA) is 101 Å². The van der Waals surface area contributed by atoms with Crippen molar-refractivity contribution in [3.63, 3.8) is 0 Å².